The first-order valence-corrected chi connectivity index (χ1v) is 9.43. The lowest BCUT2D eigenvalue weighted by Gasteiger charge is -2.20. The molecule has 1 aliphatic carbocycles. The highest BCUT2D eigenvalue weighted by atomic mass is 19.1. The highest BCUT2D eigenvalue weighted by molar-refractivity contribution is 5.85. The number of aryl methyl sites for hydroxylation is 2. The van der Waals surface area contributed by atoms with E-state index in [4.69, 9.17) is 0 Å². The molecule has 5 heteroatoms. The van der Waals surface area contributed by atoms with Gasteiger partial charge < -0.3 is 10.6 Å². The fourth-order valence-corrected chi connectivity index (χ4v) is 3.47. The van der Waals surface area contributed by atoms with Crippen molar-refractivity contribution < 1.29 is 14.0 Å². The third kappa shape index (κ3) is 5.39. The number of hydrogen-bond acceptors (Lipinski definition) is 2. The average molecular weight is 368 g/mol. The predicted molar refractivity (Wildman–Crippen MR) is 103 cm³/mol. The molecule has 0 radical (unpaired) electrons. The maximum atomic E-state index is 13.1. The molecule has 2 aromatic carbocycles. The summed E-state index contributed by atoms with van der Waals surface area (Å²) in [6.07, 6.45) is 4.74. The van der Waals surface area contributed by atoms with Gasteiger partial charge in [-0.05, 0) is 67.0 Å². The number of carbonyl (C=O) groups is 2. The van der Waals surface area contributed by atoms with Crippen LogP contribution in [0.3, 0.4) is 0 Å². The van der Waals surface area contributed by atoms with Crippen molar-refractivity contribution in [3.63, 3.8) is 0 Å². The van der Waals surface area contributed by atoms with Gasteiger partial charge in [0.1, 0.15) is 5.82 Å². The van der Waals surface area contributed by atoms with Gasteiger partial charge in [0.15, 0.2) is 0 Å². The summed E-state index contributed by atoms with van der Waals surface area (Å²) >= 11 is 0. The van der Waals surface area contributed by atoms with E-state index in [0.29, 0.717) is 5.56 Å². The van der Waals surface area contributed by atoms with Crippen LogP contribution in [0, 0.1) is 5.82 Å². The first-order chi connectivity index (χ1) is 13.0. The first kappa shape index (κ1) is 19.1. The van der Waals surface area contributed by atoms with Crippen molar-refractivity contribution in [2.75, 3.05) is 6.54 Å². The Balaban J connectivity index is 1.48. The van der Waals surface area contributed by atoms with Crippen molar-refractivity contribution in [3.05, 3.63) is 70.5 Å². The second-order valence-electron chi connectivity index (χ2n) is 7.11. The molecule has 142 valence electrons. The van der Waals surface area contributed by atoms with Crippen molar-refractivity contribution in [2.24, 2.45) is 0 Å². The van der Waals surface area contributed by atoms with E-state index in [1.165, 1.54) is 36.1 Å². The third-order valence-electron chi connectivity index (χ3n) is 4.95. The van der Waals surface area contributed by atoms with E-state index in [-0.39, 0.29) is 36.6 Å². The van der Waals surface area contributed by atoms with Crippen LogP contribution in [-0.2, 0) is 28.9 Å². The molecule has 0 saturated heterocycles. The highest BCUT2D eigenvalue weighted by Crippen LogP contribution is 2.24. The molecule has 27 heavy (non-hydrogen) atoms. The van der Waals surface area contributed by atoms with Crippen molar-refractivity contribution in [3.8, 4) is 0 Å². The first-order valence-electron chi connectivity index (χ1n) is 9.43. The van der Waals surface area contributed by atoms with Crippen LogP contribution in [0.2, 0.25) is 0 Å². The smallest absolute Gasteiger partial charge is 0.239 e. The van der Waals surface area contributed by atoms with Crippen molar-refractivity contribution in [1.29, 1.82) is 0 Å². The lowest BCUT2D eigenvalue weighted by molar-refractivity contribution is -0.126. The molecule has 1 aliphatic rings. The lowest BCUT2D eigenvalue weighted by atomic mass is 9.89. The number of fused-ring (bicyclic) bond motifs is 1. The monoisotopic (exact) mass is 368 g/mol. The second-order valence-corrected chi connectivity index (χ2v) is 7.11. The van der Waals surface area contributed by atoms with E-state index >= 15 is 0 Å². The minimum absolute atomic E-state index is 0.0470. The molecule has 0 spiro atoms. The molecule has 0 heterocycles. The topological polar surface area (TPSA) is 58.2 Å². The second kappa shape index (κ2) is 8.80. The Hall–Kier alpha value is -2.69. The molecular weight excluding hydrogens is 343 g/mol. The van der Waals surface area contributed by atoms with Gasteiger partial charge in [0.2, 0.25) is 11.8 Å². The molecule has 0 bridgehead atoms. The van der Waals surface area contributed by atoms with Crippen LogP contribution in [-0.4, -0.2) is 18.4 Å². The molecule has 0 aromatic heterocycles. The minimum atomic E-state index is -0.378. The number of carbonyl (C=O) groups excluding carboxylic acids is 2. The van der Waals surface area contributed by atoms with Gasteiger partial charge >= 0.3 is 0 Å². The zero-order chi connectivity index (χ0) is 19.2. The van der Waals surface area contributed by atoms with Gasteiger partial charge in [-0.25, -0.2) is 4.39 Å². The zero-order valence-electron chi connectivity index (χ0n) is 15.6. The molecule has 0 saturated carbocycles. The number of amides is 2. The van der Waals surface area contributed by atoms with Crippen LogP contribution in [0.25, 0.3) is 0 Å². The fraction of sp³-hybridized carbons (Fsp3) is 0.364. The zero-order valence-corrected chi connectivity index (χ0v) is 15.6. The van der Waals surface area contributed by atoms with Crippen LogP contribution in [0.15, 0.2) is 42.5 Å². The molecule has 2 N–H and O–H groups in total. The van der Waals surface area contributed by atoms with Gasteiger partial charge in [-0.1, -0.05) is 30.3 Å². The summed E-state index contributed by atoms with van der Waals surface area (Å²) in [7, 11) is 0. The summed E-state index contributed by atoms with van der Waals surface area (Å²) in [5, 5.41) is 5.50. The van der Waals surface area contributed by atoms with Crippen molar-refractivity contribution in [2.45, 2.75) is 45.1 Å². The molecule has 2 aromatic rings. The van der Waals surface area contributed by atoms with Crippen LogP contribution < -0.4 is 10.6 Å². The van der Waals surface area contributed by atoms with Crippen molar-refractivity contribution >= 4 is 11.8 Å². The van der Waals surface area contributed by atoms with Gasteiger partial charge in [-0.2, -0.15) is 0 Å². The summed E-state index contributed by atoms with van der Waals surface area (Å²) in [6.45, 7) is 1.85. The van der Waals surface area contributed by atoms with E-state index in [9.17, 15) is 14.0 Å². The van der Waals surface area contributed by atoms with E-state index in [0.717, 1.165) is 18.4 Å². The number of halogens is 1. The normalized spacial score (nSPS) is 14.1. The lowest BCUT2D eigenvalue weighted by Crippen LogP contribution is -2.38. The quantitative estimate of drug-likeness (QED) is 0.822. The standard InChI is InChI=1S/C22H25FN2O2/c1-15(18-10-9-17-6-2-3-7-19(17)13-18)25-22(27)14-24-21(26)12-16-5-4-8-20(23)11-16/h4-5,8-11,13,15H,2-3,6-7,12,14H2,1H3,(H,24,26)(H,25,27). The molecule has 1 atom stereocenters. The molecule has 0 fully saturated rings. The van der Waals surface area contributed by atoms with Crippen LogP contribution in [0.5, 0.6) is 0 Å². The molecule has 0 aliphatic heterocycles. The average Bonchev–Trinajstić information content (AvgIpc) is 2.66. The van der Waals surface area contributed by atoms with E-state index in [1.807, 2.05) is 6.92 Å². The van der Waals surface area contributed by atoms with Crippen LogP contribution in [0.1, 0.15) is 48.1 Å². The maximum absolute atomic E-state index is 13.1. The Bertz CT molecular complexity index is 835. The van der Waals surface area contributed by atoms with Gasteiger partial charge in [0.05, 0.1) is 19.0 Å². The Morgan fingerprint density at radius 3 is 2.59 bits per heavy atom. The number of rotatable bonds is 6. The summed E-state index contributed by atoms with van der Waals surface area (Å²) in [5.74, 6) is -0.929. The van der Waals surface area contributed by atoms with Gasteiger partial charge in [0.25, 0.3) is 0 Å². The highest BCUT2D eigenvalue weighted by Gasteiger charge is 2.14. The molecule has 2 amide bonds. The summed E-state index contributed by atoms with van der Waals surface area (Å²) in [5.41, 5.74) is 4.45. The van der Waals surface area contributed by atoms with Gasteiger partial charge in [-0.15, -0.1) is 0 Å². The van der Waals surface area contributed by atoms with E-state index in [2.05, 4.69) is 28.8 Å². The molecule has 1 unspecified atom stereocenters. The molecular formula is C22H25FN2O2. The Kier molecular flexibility index (Phi) is 6.22. The Labute approximate surface area is 159 Å². The largest absolute Gasteiger partial charge is 0.348 e. The van der Waals surface area contributed by atoms with Gasteiger partial charge in [-0.3, -0.25) is 9.59 Å². The van der Waals surface area contributed by atoms with E-state index < -0.39 is 0 Å². The summed E-state index contributed by atoms with van der Waals surface area (Å²) in [4.78, 5) is 24.1. The Morgan fingerprint density at radius 1 is 1.04 bits per heavy atom. The SMILES string of the molecule is CC(NC(=O)CNC(=O)Cc1cccc(F)c1)c1ccc2c(c1)CCCC2. The maximum Gasteiger partial charge on any atom is 0.239 e. The fourth-order valence-electron chi connectivity index (χ4n) is 3.47. The predicted octanol–water partition coefficient (Wildman–Crippen LogP) is 3.24. The molecule has 3 rings (SSSR count). The minimum Gasteiger partial charge on any atom is -0.348 e. The number of benzene rings is 2. The Morgan fingerprint density at radius 2 is 1.81 bits per heavy atom. The van der Waals surface area contributed by atoms with Crippen LogP contribution in [0.4, 0.5) is 4.39 Å². The molecule has 4 nitrogen and oxygen atoms in total. The van der Waals surface area contributed by atoms with Gasteiger partial charge in [0, 0.05) is 0 Å². The third-order valence-corrected chi connectivity index (χ3v) is 4.95. The summed E-state index contributed by atoms with van der Waals surface area (Å²) in [6, 6.07) is 12.2. The number of hydrogen-bond donors (Lipinski definition) is 2. The summed E-state index contributed by atoms with van der Waals surface area (Å²) < 4.78 is 13.1. The van der Waals surface area contributed by atoms with E-state index in [1.54, 1.807) is 12.1 Å². The number of nitrogens with one attached hydrogen (secondary N) is 2. The van der Waals surface area contributed by atoms with Crippen LogP contribution >= 0.6 is 0 Å². The van der Waals surface area contributed by atoms with Crippen molar-refractivity contribution in [1.82, 2.24) is 10.6 Å².